The molecule has 0 unspecified atom stereocenters. The van der Waals surface area contributed by atoms with Crippen molar-refractivity contribution in [1.29, 1.82) is 0 Å². The van der Waals surface area contributed by atoms with E-state index in [2.05, 4.69) is 31.3 Å². The monoisotopic (exact) mass is 227 g/mol. The zero-order valence-corrected chi connectivity index (χ0v) is 10.7. The van der Waals surface area contributed by atoms with Crippen molar-refractivity contribution in [3.8, 4) is 0 Å². The van der Waals surface area contributed by atoms with Crippen LogP contribution in [0.25, 0.3) is 0 Å². The van der Waals surface area contributed by atoms with Gasteiger partial charge in [0.2, 0.25) is 0 Å². The van der Waals surface area contributed by atoms with Crippen LogP contribution in [0.5, 0.6) is 0 Å². The lowest BCUT2D eigenvalue weighted by Gasteiger charge is -2.04. The first-order valence-electron chi connectivity index (χ1n) is 5.52. The zero-order chi connectivity index (χ0) is 11.1. The molecule has 0 aromatic carbocycles. The van der Waals surface area contributed by atoms with Crippen LogP contribution in [-0.4, -0.2) is 13.7 Å². The van der Waals surface area contributed by atoms with E-state index in [-0.39, 0.29) is 0 Å². The fraction of sp³-hybridized carbons (Fsp3) is 0.667. The summed E-state index contributed by atoms with van der Waals surface area (Å²) < 4.78 is 5.61. The summed E-state index contributed by atoms with van der Waals surface area (Å²) in [6, 6.07) is 4.33. The predicted molar refractivity (Wildman–Crippen MR) is 66.2 cm³/mol. The SMILES string of the molecule is CNCc1ccc(COCCC(C)C)s1. The predicted octanol–water partition coefficient (Wildman–Crippen LogP) is 3.03. The first kappa shape index (κ1) is 12.7. The summed E-state index contributed by atoms with van der Waals surface area (Å²) in [7, 11) is 1.97. The molecule has 1 aromatic rings. The van der Waals surface area contributed by atoms with E-state index < -0.39 is 0 Å². The number of ether oxygens (including phenoxy) is 1. The second-order valence-electron chi connectivity index (χ2n) is 4.13. The van der Waals surface area contributed by atoms with Gasteiger partial charge in [-0.1, -0.05) is 13.8 Å². The molecule has 0 aliphatic carbocycles. The topological polar surface area (TPSA) is 21.3 Å². The van der Waals surface area contributed by atoms with Gasteiger partial charge >= 0.3 is 0 Å². The smallest absolute Gasteiger partial charge is 0.0809 e. The molecule has 15 heavy (non-hydrogen) atoms. The van der Waals surface area contributed by atoms with E-state index in [1.165, 1.54) is 9.75 Å². The molecule has 0 aliphatic rings. The minimum absolute atomic E-state index is 0.730. The van der Waals surface area contributed by atoms with Gasteiger partial charge in [0.05, 0.1) is 6.61 Å². The lowest BCUT2D eigenvalue weighted by Crippen LogP contribution is -2.02. The second-order valence-corrected chi connectivity index (χ2v) is 5.39. The van der Waals surface area contributed by atoms with Gasteiger partial charge in [-0.2, -0.15) is 0 Å². The molecule has 1 heterocycles. The van der Waals surface area contributed by atoms with Gasteiger partial charge in [0.15, 0.2) is 0 Å². The fourth-order valence-corrected chi connectivity index (χ4v) is 2.23. The third-order valence-corrected chi connectivity index (χ3v) is 3.21. The van der Waals surface area contributed by atoms with E-state index in [4.69, 9.17) is 4.74 Å². The molecular weight excluding hydrogens is 206 g/mol. The Morgan fingerprint density at radius 1 is 1.33 bits per heavy atom. The highest BCUT2D eigenvalue weighted by Gasteiger charge is 2.00. The zero-order valence-electron chi connectivity index (χ0n) is 9.88. The molecule has 0 atom stereocenters. The van der Waals surface area contributed by atoms with Crippen molar-refractivity contribution in [3.63, 3.8) is 0 Å². The van der Waals surface area contributed by atoms with Crippen LogP contribution in [0.3, 0.4) is 0 Å². The van der Waals surface area contributed by atoms with E-state index in [1.807, 2.05) is 18.4 Å². The van der Waals surface area contributed by atoms with Gasteiger partial charge in [0.1, 0.15) is 0 Å². The van der Waals surface area contributed by atoms with Crippen molar-refractivity contribution < 1.29 is 4.74 Å². The lowest BCUT2D eigenvalue weighted by atomic mass is 10.1. The van der Waals surface area contributed by atoms with Crippen molar-refractivity contribution >= 4 is 11.3 Å². The maximum atomic E-state index is 5.61. The van der Waals surface area contributed by atoms with E-state index >= 15 is 0 Å². The van der Waals surface area contributed by atoms with Gasteiger partial charge in [0, 0.05) is 22.9 Å². The molecule has 0 spiro atoms. The van der Waals surface area contributed by atoms with E-state index in [1.54, 1.807) is 0 Å². The Morgan fingerprint density at radius 2 is 2.07 bits per heavy atom. The van der Waals surface area contributed by atoms with E-state index in [0.717, 1.165) is 32.1 Å². The molecule has 3 heteroatoms. The van der Waals surface area contributed by atoms with Crippen molar-refractivity contribution in [2.45, 2.75) is 33.4 Å². The molecule has 2 nitrogen and oxygen atoms in total. The molecule has 0 saturated carbocycles. The van der Waals surface area contributed by atoms with Crippen LogP contribution in [-0.2, 0) is 17.9 Å². The lowest BCUT2D eigenvalue weighted by molar-refractivity contribution is 0.112. The number of thiophene rings is 1. The summed E-state index contributed by atoms with van der Waals surface area (Å²) in [6.45, 7) is 7.04. The molecule has 86 valence electrons. The summed E-state index contributed by atoms with van der Waals surface area (Å²) in [5.41, 5.74) is 0. The molecular formula is C12H21NOS. The molecule has 0 fully saturated rings. The van der Waals surface area contributed by atoms with Crippen LogP contribution < -0.4 is 5.32 Å². The first-order valence-corrected chi connectivity index (χ1v) is 6.34. The van der Waals surface area contributed by atoms with E-state index in [0.29, 0.717) is 0 Å². The highest BCUT2D eigenvalue weighted by Crippen LogP contribution is 2.17. The van der Waals surface area contributed by atoms with Crippen LogP contribution in [0.2, 0.25) is 0 Å². The van der Waals surface area contributed by atoms with Crippen molar-refractivity contribution in [2.75, 3.05) is 13.7 Å². The Labute approximate surface area is 96.7 Å². The van der Waals surface area contributed by atoms with Crippen molar-refractivity contribution in [2.24, 2.45) is 5.92 Å². The minimum atomic E-state index is 0.730. The summed E-state index contributed by atoms with van der Waals surface area (Å²) in [5.74, 6) is 0.730. The van der Waals surface area contributed by atoms with Crippen molar-refractivity contribution in [3.05, 3.63) is 21.9 Å². The first-order chi connectivity index (χ1) is 7.22. The van der Waals surface area contributed by atoms with Gasteiger partial charge in [-0.05, 0) is 31.5 Å². The number of hydrogen-bond donors (Lipinski definition) is 1. The molecule has 0 bridgehead atoms. The largest absolute Gasteiger partial charge is 0.376 e. The van der Waals surface area contributed by atoms with E-state index in [9.17, 15) is 0 Å². The molecule has 1 rings (SSSR count). The Bertz CT molecular complexity index is 270. The Kier molecular flexibility index (Phi) is 5.91. The summed E-state index contributed by atoms with van der Waals surface area (Å²) in [6.07, 6.45) is 1.15. The normalized spacial score (nSPS) is 11.2. The molecule has 0 amide bonds. The van der Waals surface area contributed by atoms with Crippen LogP contribution in [0.1, 0.15) is 30.0 Å². The Hall–Kier alpha value is -0.380. The molecule has 0 radical (unpaired) electrons. The quantitative estimate of drug-likeness (QED) is 0.723. The highest BCUT2D eigenvalue weighted by atomic mass is 32.1. The second kappa shape index (κ2) is 6.99. The van der Waals surface area contributed by atoms with Gasteiger partial charge in [-0.25, -0.2) is 0 Å². The molecule has 0 aliphatic heterocycles. The Morgan fingerprint density at radius 3 is 2.73 bits per heavy atom. The standard InChI is InChI=1S/C12H21NOS/c1-10(2)6-7-14-9-12-5-4-11(15-12)8-13-3/h4-5,10,13H,6-9H2,1-3H3. The van der Waals surface area contributed by atoms with Gasteiger partial charge < -0.3 is 10.1 Å². The van der Waals surface area contributed by atoms with Crippen LogP contribution >= 0.6 is 11.3 Å². The fourth-order valence-electron chi connectivity index (χ4n) is 1.26. The summed E-state index contributed by atoms with van der Waals surface area (Å²) in [4.78, 5) is 2.70. The Balaban J connectivity index is 2.19. The molecule has 1 aromatic heterocycles. The van der Waals surface area contributed by atoms with Crippen LogP contribution in [0, 0.1) is 5.92 Å². The minimum Gasteiger partial charge on any atom is -0.376 e. The molecule has 0 saturated heterocycles. The molecule has 1 N–H and O–H groups in total. The number of hydrogen-bond acceptors (Lipinski definition) is 3. The third kappa shape index (κ3) is 5.30. The van der Waals surface area contributed by atoms with Gasteiger partial charge in [-0.15, -0.1) is 11.3 Å². The number of nitrogens with one attached hydrogen (secondary N) is 1. The third-order valence-electron chi connectivity index (χ3n) is 2.15. The average molecular weight is 227 g/mol. The van der Waals surface area contributed by atoms with Gasteiger partial charge in [0.25, 0.3) is 0 Å². The summed E-state index contributed by atoms with van der Waals surface area (Å²) >= 11 is 1.83. The van der Waals surface area contributed by atoms with Gasteiger partial charge in [-0.3, -0.25) is 0 Å². The highest BCUT2D eigenvalue weighted by molar-refractivity contribution is 7.11. The average Bonchev–Trinajstić information content (AvgIpc) is 2.61. The maximum Gasteiger partial charge on any atom is 0.0809 e. The van der Waals surface area contributed by atoms with Crippen LogP contribution in [0.4, 0.5) is 0 Å². The van der Waals surface area contributed by atoms with Crippen molar-refractivity contribution in [1.82, 2.24) is 5.32 Å². The number of rotatable bonds is 7. The maximum absolute atomic E-state index is 5.61. The van der Waals surface area contributed by atoms with Crippen LogP contribution in [0.15, 0.2) is 12.1 Å². The summed E-state index contributed by atoms with van der Waals surface area (Å²) in [5, 5.41) is 3.15.